The summed E-state index contributed by atoms with van der Waals surface area (Å²) in [6, 6.07) is 9.42. The van der Waals surface area contributed by atoms with Gasteiger partial charge < -0.3 is 10.4 Å². The zero-order chi connectivity index (χ0) is 16.4. The van der Waals surface area contributed by atoms with Crippen molar-refractivity contribution >= 4 is 11.3 Å². The molecule has 2 aliphatic heterocycles. The molecule has 6 heteroatoms. The molecule has 0 saturated carbocycles. The van der Waals surface area contributed by atoms with Crippen LogP contribution in [0.4, 0.5) is 5.69 Å². The lowest BCUT2D eigenvalue weighted by Crippen LogP contribution is -2.27. The van der Waals surface area contributed by atoms with Crippen LogP contribution in [0.1, 0.15) is 12.1 Å². The van der Waals surface area contributed by atoms with Crippen LogP contribution in [0.15, 0.2) is 48.7 Å². The summed E-state index contributed by atoms with van der Waals surface area (Å²) in [7, 11) is 0. The first-order chi connectivity index (χ1) is 11.8. The molecule has 0 bridgehead atoms. The molecule has 24 heavy (non-hydrogen) atoms. The lowest BCUT2D eigenvalue weighted by Gasteiger charge is -2.17. The highest BCUT2D eigenvalue weighted by atomic mass is 16.3. The molecule has 0 saturated heterocycles. The molecule has 0 amide bonds. The van der Waals surface area contributed by atoms with Crippen LogP contribution in [-0.2, 0) is 0 Å². The molecule has 3 heterocycles. The molecule has 0 atom stereocenters. The number of benzene rings is 1. The van der Waals surface area contributed by atoms with E-state index in [1.807, 2.05) is 41.6 Å². The van der Waals surface area contributed by atoms with Gasteiger partial charge in [-0.3, -0.25) is 5.01 Å². The van der Waals surface area contributed by atoms with Gasteiger partial charge in [0.15, 0.2) is 0 Å². The molecule has 0 spiro atoms. The Labute approximate surface area is 140 Å². The Balaban J connectivity index is 1.59. The quantitative estimate of drug-likeness (QED) is 0.804. The van der Waals surface area contributed by atoms with Crippen LogP contribution in [0.25, 0.3) is 16.8 Å². The van der Waals surface area contributed by atoms with E-state index in [0.717, 1.165) is 37.4 Å². The number of rotatable bonds is 3. The smallest absolute Gasteiger partial charge is 0.127 e. The zero-order valence-electron chi connectivity index (χ0n) is 13.2. The molecule has 122 valence electrons. The number of nitrogens with zero attached hydrogens (tertiary/aromatic N) is 3. The number of nitrogens with one attached hydrogen (secondary N) is 2. The van der Waals surface area contributed by atoms with Crippen molar-refractivity contribution in [2.75, 3.05) is 24.6 Å². The van der Waals surface area contributed by atoms with E-state index in [2.05, 4.69) is 27.0 Å². The van der Waals surface area contributed by atoms with Gasteiger partial charge in [0, 0.05) is 30.9 Å². The second kappa shape index (κ2) is 6.43. The Morgan fingerprint density at radius 1 is 1.04 bits per heavy atom. The molecule has 4 rings (SSSR count). The lowest BCUT2D eigenvalue weighted by atomic mass is 10.0. The Morgan fingerprint density at radius 3 is 2.58 bits per heavy atom. The highest BCUT2D eigenvalue weighted by Gasteiger charge is 2.13. The minimum atomic E-state index is 0.192. The van der Waals surface area contributed by atoms with Crippen LogP contribution in [-0.4, -0.2) is 34.9 Å². The molecule has 0 unspecified atom stereocenters. The first kappa shape index (κ1) is 14.9. The van der Waals surface area contributed by atoms with E-state index in [9.17, 15) is 5.11 Å². The summed E-state index contributed by atoms with van der Waals surface area (Å²) in [5.74, 6) is 0.192. The summed E-state index contributed by atoms with van der Waals surface area (Å²) < 4.78 is 0. The van der Waals surface area contributed by atoms with Crippen LogP contribution in [0.3, 0.4) is 0 Å². The summed E-state index contributed by atoms with van der Waals surface area (Å²) >= 11 is 0. The number of aromatic nitrogens is 2. The monoisotopic (exact) mass is 321 g/mol. The van der Waals surface area contributed by atoms with E-state index < -0.39 is 0 Å². The van der Waals surface area contributed by atoms with Gasteiger partial charge in [0.25, 0.3) is 0 Å². The van der Waals surface area contributed by atoms with Crippen LogP contribution in [0.5, 0.6) is 5.75 Å². The number of phenolic OH excluding ortho intramolecular Hbond substituents is 1. The number of hydrogen-bond acceptors (Lipinski definition) is 6. The zero-order valence-corrected chi connectivity index (χ0v) is 13.2. The molecular formula is C18H19N5O. The highest BCUT2D eigenvalue weighted by molar-refractivity contribution is 5.72. The average Bonchev–Trinajstić information content (AvgIpc) is 3.17. The van der Waals surface area contributed by atoms with Crippen molar-refractivity contribution < 1.29 is 5.11 Å². The van der Waals surface area contributed by atoms with E-state index in [1.165, 1.54) is 5.57 Å². The summed E-state index contributed by atoms with van der Waals surface area (Å²) in [4.78, 5) is 0. The molecule has 0 radical (unpaired) electrons. The van der Waals surface area contributed by atoms with Gasteiger partial charge >= 0.3 is 0 Å². The van der Waals surface area contributed by atoms with Crippen molar-refractivity contribution in [1.82, 2.24) is 20.9 Å². The average molecular weight is 321 g/mol. The number of aromatic hydroxyl groups is 1. The third-order valence-corrected chi connectivity index (χ3v) is 4.23. The van der Waals surface area contributed by atoms with Gasteiger partial charge in [0.2, 0.25) is 0 Å². The molecule has 3 N–H and O–H groups in total. The molecule has 2 aliphatic rings. The van der Waals surface area contributed by atoms with Crippen molar-refractivity contribution in [2.45, 2.75) is 6.42 Å². The van der Waals surface area contributed by atoms with Crippen molar-refractivity contribution in [2.24, 2.45) is 0 Å². The van der Waals surface area contributed by atoms with E-state index in [0.29, 0.717) is 11.3 Å². The fourth-order valence-electron chi connectivity index (χ4n) is 2.93. The van der Waals surface area contributed by atoms with Crippen LogP contribution >= 0.6 is 0 Å². The topological polar surface area (TPSA) is 73.3 Å². The predicted octanol–water partition coefficient (Wildman–Crippen LogP) is 2.06. The number of phenols is 1. The van der Waals surface area contributed by atoms with Gasteiger partial charge in [-0.25, -0.2) is 5.43 Å². The van der Waals surface area contributed by atoms with E-state index in [1.54, 1.807) is 6.07 Å². The van der Waals surface area contributed by atoms with E-state index in [-0.39, 0.29) is 5.75 Å². The van der Waals surface area contributed by atoms with Gasteiger partial charge in [0.1, 0.15) is 5.75 Å². The normalized spacial score (nSPS) is 17.2. The number of anilines is 1. The van der Waals surface area contributed by atoms with Crippen molar-refractivity contribution in [3.05, 3.63) is 54.4 Å². The van der Waals surface area contributed by atoms with Gasteiger partial charge in [0.05, 0.1) is 17.1 Å². The summed E-state index contributed by atoms with van der Waals surface area (Å²) in [5, 5.41) is 24.1. The number of hydrogen-bond donors (Lipinski definition) is 3. The minimum Gasteiger partial charge on any atom is -0.507 e. The second-order valence-corrected chi connectivity index (χ2v) is 5.81. The SMILES string of the molecule is Oc1cc(N2C=CCN2)ccc1-c1ccc(C2=CCNCC2)nn1. The van der Waals surface area contributed by atoms with E-state index in [4.69, 9.17) is 0 Å². The molecule has 6 nitrogen and oxygen atoms in total. The largest absolute Gasteiger partial charge is 0.507 e. The van der Waals surface area contributed by atoms with Gasteiger partial charge in [-0.05, 0) is 42.8 Å². The molecule has 1 aromatic carbocycles. The van der Waals surface area contributed by atoms with Crippen LogP contribution in [0, 0.1) is 0 Å². The lowest BCUT2D eigenvalue weighted by molar-refractivity contribution is 0.477. The fourth-order valence-corrected chi connectivity index (χ4v) is 2.93. The first-order valence-electron chi connectivity index (χ1n) is 8.08. The summed E-state index contributed by atoms with van der Waals surface area (Å²) in [6.45, 7) is 2.64. The standard InChI is InChI=1S/C18H19N5O/c24-18-12-14(23-11-1-8-20-23)2-3-15(18)17-5-4-16(21-22-17)13-6-9-19-10-7-13/h1-6,11-12,19-20,24H,7-10H2. The summed E-state index contributed by atoms with van der Waals surface area (Å²) in [6.07, 6.45) is 7.07. The van der Waals surface area contributed by atoms with Gasteiger partial charge in [-0.2, -0.15) is 5.10 Å². The first-order valence-corrected chi connectivity index (χ1v) is 8.08. The highest BCUT2D eigenvalue weighted by Crippen LogP contribution is 2.32. The second-order valence-electron chi connectivity index (χ2n) is 5.81. The van der Waals surface area contributed by atoms with Crippen LogP contribution in [0.2, 0.25) is 0 Å². The molecule has 1 aromatic heterocycles. The van der Waals surface area contributed by atoms with Crippen LogP contribution < -0.4 is 15.8 Å². The van der Waals surface area contributed by atoms with Gasteiger partial charge in [-0.15, -0.1) is 5.10 Å². The Hall–Kier alpha value is -2.70. The van der Waals surface area contributed by atoms with Crippen molar-refractivity contribution in [3.8, 4) is 17.0 Å². The van der Waals surface area contributed by atoms with Crippen molar-refractivity contribution in [3.63, 3.8) is 0 Å². The Bertz CT molecular complexity index is 798. The number of hydrazine groups is 1. The Kier molecular flexibility index (Phi) is 3.98. The van der Waals surface area contributed by atoms with E-state index >= 15 is 0 Å². The Morgan fingerprint density at radius 2 is 1.92 bits per heavy atom. The maximum absolute atomic E-state index is 10.4. The third kappa shape index (κ3) is 2.89. The summed E-state index contributed by atoms with van der Waals surface area (Å²) in [5.41, 5.74) is 7.54. The minimum absolute atomic E-state index is 0.192. The predicted molar refractivity (Wildman–Crippen MR) is 94.2 cm³/mol. The maximum atomic E-state index is 10.4. The third-order valence-electron chi connectivity index (χ3n) is 4.23. The molecule has 2 aromatic rings. The van der Waals surface area contributed by atoms with Gasteiger partial charge in [-0.1, -0.05) is 12.2 Å². The maximum Gasteiger partial charge on any atom is 0.127 e. The molecular weight excluding hydrogens is 302 g/mol. The molecule has 0 fully saturated rings. The molecule has 0 aliphatic carbocycles. The fraction of sp³-hybridized carbons (Fsp3) is 0.222. The van der Waals surface area contributed by atoms with Crippen molar-refractivity contribution in [1.29, 1.82) is 0 Å².